The van der Waals surface area contributed by atoms with Gasteiger partial charge in [0, 0.05) is 19.0 Å². The van der Waals surface area contributed by atoms with Crippen molar-refractivity contribution >= 4 is 17.5 Å². The van der Waals surface area contributed by atoms with Gasteiger partial charge in [-0.15, -0.1) is 0 Å². The Hall–Kier alpha value is -2.31. The molecule has 3 heterocycles. The fourth-order valence-corrected chi connectivity index (χ4v) is 3.29. The number of nitrogen functional groups attached to an aromatic ring is 1. The van der Waals surface area contributed by atoms with Crippen LogP contribution in [0.4, 0.5) is 15.0 Å². The highest BCUT2D eigenvalue weighted by atomic mass is 19.1. The van der Waals surface area contributed by atoms with Gasteiger partial charge in [0.1, 0.15) is 5.60 Å². The highest BCUT2D eigenvalue weighted by Gasteiger charge is 2.30. The van der Waals surface area contributed by atoms with Gasteiger partial charge in [-0.05, 0) is 46.1 Å². The number of pyridine rings is 1. The van der Waals surface area contributed by atoms with E-state index in [1.807, 2.05) is 33.8 Å². The highest BCUT2D eigenvalue weighted by Crippen LogP contribution is 2.39. The average molecular weight is 363 g/mol. The molecule has 1 aromatic heterocycles. The second-order valence-electron chi connectivity index (χ2n) is 7.81. The number of carbonyl (C=O) groups is 1. The molecule has 7 heteroatoms. The summed E-state index contributed by atoms with van der Waals surface area (Å²) in [6, 6.07) is -0.0187. The zero-order valence-corrected chi connectivity index (χ0v) is 15.8. The van der Waals surface area contributed by atoms with Gasteiger partial charge in [-0.1, -0.05) is 6.08 Å². The van der Waals surface area contributed by atoms with E-state index in [-0.39, 0.29) is 18.0 Å². The lowest BCUT2D eigenvalue weighted by Gasteiger charge is -2.30. The first-order chi connectivity index (χ1) is 12.2. The lowest BCUT2D eigenvalue weighted by Crippen LogP contribution is -2.41. The third-order valence-corrected chi connectivity index (χ3v) is 4.62. The molecule has 142 valence electrons. The fourth-order valence-electron chi connectivity index (χ4n) is 3.29. The molecule has 0 aromatic carbocycles. The largest absolute Gasteiger partial charge is 0.491 e. The lowest BCUT2D eigenvalue weighted by molar-refractivity contribution is 0.0201. The molecule has 2 aliphatic rings. The number of ether oxygens (including phenoxy) is 2. The van der Waals surface area contributed by atoms with Crippen molar-refractivity contribution in [2.24, 2.45) is 0 Å². The maximum absolute atomic E-state index is 14.7. The quantitative estimate of drug-likeness (QED) is 0.826. The monoisotopic (exact) mass is 363 g/mol. The first kappa shape index (κ1) is 18.5. The molecule has 0 saturated carbocycles. The van der Waals surface area contributed by atoms with E-state index in [0.29, 0.717) is 49.4 Å². The van der Waals surface area contributed by atoms with Crippen molar-refractivity contribution in [3.05, 3.63) is 23.2 Å². The summed E-state index contributed by atoms with van der Waals surface area (Å²) >= 11 is 0. The lowest BCUT2D eigenvalue weighted by atomic mass is 9.98. The summed E-state index contributed by atoms with van der Waals surface area (Å²) < 4.78 is 25.8. The van der Waals surface area contributed by atoms with E-state index in [2.05, 4.69) is 4.98 Å². The van der Waals surface area contributed by atoms with E-state index in [4.69, 9.17) is 15.2 Å². The molecule has 1 amide bonds. The topological polar surface area (TPSA) is 77.7 Å². The average Bonchev–Trinajstić information content (AvgIpc) is 2.89. The van der Waals surface area contributed by atoms with E-state index in [1.54, 1.807) is 4.90 Å². The zero-order chi connectivity index (χ0) is 19.1. The van der Waals surface area contributed by atoms with Gasteiger partial charge in [0.25, 0.3) is 0 Å². The van der Waals surface area contributed by atoms with Gasteiger partial charge >= 0.3 is 6.09 Å². The van der Waals surface area contributed by atoms with Crippen LogP contribution < -0.4 is 10.5 Å². The third-order valence-electron chi connectivity index (χ3n) is 4.62. The number of aromatic nitrogens is 1. The second-order valence-corrected chi connectivity index (χ2v) is 7.81. The van der Waals surface area contributed by atoms with E-state index in [1.165, 1.54) is 0 Å². The van der Waals surface area contributed by atoms with Crippen LogP contribution >= 0.6 is 0 Å². The van der Waals surface area contributed by atoms with Crippen LogP contribution in [0.1, 0.15) is 51.8 Å². The molecule has 0 spiro atoms. The van der Waals surface area contributed by atoms with E-state index >= 15 is 0 Å². The van der Waals surface area contributed by atoms with Gasteiger partial charge in [0.2, 0.25) is 0 Å². The predicted molar refractivity (Wildman–Crippen MR) is 97.4 cm³/mol. The van der Waals surface area contributed by atoms with Crippen LogP contribution in [0, 0.1) is 5.82 Å². The van der Waals surface area contributed by atoms with Gasteiger partial charge < -0.3 is 20.1 Å². The molecule has 2 N–H and O–H groups in total. The van der Waals surface area contributed by atoms with Crippen molar-refractivity contribution in [2.75, 3.05) is 18.9 Å². The molecule has 0 fully saturated rings. The number of nitrogens with zero attached hydrogens (tertiary/aromatic N) is 2. The van der Waals surface area contributed by atoms with Gasteiger partial charge in [0.15, 0.2) is 17.4 Å². The molecule has 26 heavy (non-hydrogen) atoms. The number of allylic oxidation sites excluding steroid dienone is 1. The van der Waals surface area contributed by atoms with Crippen molar-refractivity contribution in [3.8, 4) is 5.75 Å². The molecular weight excluding hydrogens is 337 g/mol. The van der Waals surface area contributed by atoms with Gasteiger partial charge in [0.05, 0.1) is 17.9 Å². The molecule has 2 aliphatic heterocycles. The number of hydrogen-bond acceptors (Lipinski definition) is 5. The van der Waals surface area contributed by atoms with Crippen LogP contribution in [-0.2, 0) is 11.2 Å². The van der Waals surface area contributed by atoms with Crippen LogP contribution in [0.5, 0.6) is 5.75 Å². The molecule has 0 radical (unpaired) electrons. The standard InChI is InChI=1S/C19H26FN3O3/c1-11-5-6-12(7-9-23(11)18(24)26-19(2,3)4)14-15(20)17(21)22-13-8-10-25-16(13)14/h7,11H,5-6,8-10H2,1-4H3,(H2,21,22). The number of amides is 1. The summed E-state index contributed by atoms with van der Waals surface area (Å²) in [5.41, 5.74) is 7.08. The molecular formula is C19H26FN3O3. The molecule has 1 aromatic rings. The minimum atomic E-state index is -0.560. The molecule has 3 rings (SSSR count). The smallest absolute Gasteiger partial charge is 0.410 e. The van der Waals surface area contributed by atoms with Crippen molar-refractivity contribution in [3.63, 3.8) is 0 Å². The minimum Gasteiger partial charge on any atom is -0.491 e. The Kier molecular flexibility index (Phi) is 4.82. The number of hydrogen-bond donors (Lipinski definition) is 1. The SMILES string of the molecule is CC1CCC(c2c(F)c(N)nc3c2OCC3)=CCN1C(=O)OC(C)(C)C. The first-order valence-electron chi connectivity index (χ1n) is 8.97. The second kappa shape index (κ2) is 6.78. The van der Waals surface area contributed by atoms with Crippen molar-refractivity contribution < 1.29 is 18.7 Å². The first-order valence-corrected chi connectivity index (χ1v) is 8.97. The summed E-state index contributed by atoms with van der Waals surface area (Å²) in [5.74, 6) is -0.164. The summed E-state index contributed by atoms with van der Waals surface area (Å²) in [6.45, 7) is 8.31. The minimum absolute atomic E-state index is 0.0187. The molecule has 1 unspecified atom stereocenters. The normalized spacial score (nSPS) is 20.1. The molecule has 0 aliphatic carbocycles. The Labute approximate surface area is 153 Å². The fraction of sp³-hybridized carbons (Fsp3) is 0.579. The van der Waals surface area contributed by atoms with E-state index in [9.17, 15) is 9.18 Å². The third kappa shape index (κ3) is 3.61. The molecule has 0 saturated heterocycles. The van der Waals surface area contributed by atoms with Crippen LogP contribution in [0.15, 0.2) is 6.08 Å². The van der Waals surface area contributed by atoms with Gasteiger partial charge in [-0.3, -0.25) is 0 Å². The maximum atomic E-state index is 14.7. The number of halogens is 1. The number of fused-ring (bicyclic) bond motifs is 1. The van der Waals surface area contributed by atoms with Crippen LogP contribution in [0.25, 0.3) is 5.57 Å². The Bertz CT molecular complexity index is 755. The molecule has 1 atom stereocenters. The van der Waals surface area contributed by atoms with Crippen molar-refractivity contribution in [1.82, 2.24) is 9.88 Å². The zero-order valence-electron chi connectivity index (χ0n) is 15.8. The van der Waals surface area contributed by atoms with E-state index in [0.717, 1.165) is 5.57 Å². The summed E-state index contributed by atoms with van der Waals surface area (Å²) in [7, 11) is 0. The number of carbonyl (C=O) groups excluding carboxylic acids is 1. The Morgan fingerprint density at radius 3 is 2.85 bits per heavy atom. The van der Waals surface area contributed by atoms with Gasteiger partial charge in [-0.2, -0.15) is 0 Å². The van der Waals surface area contributed by atoms with Crippen molar-refractivity contribution in [1.29, 1.82) is 0 Å². The summed E-state index contributed by atoms with van der Waals surface area (Å²) in [5, 5.41) is 0. The Morgan fingerprint density at radius 1 is 1.42 bits per heavy atom. The maximum Gasteiger partial charge on any atom is 0.410 e. The summed E-state index contributed by atoms with van der Waals surface area (Å²) in [6.07, 6.45) is 3.45. The van der Waals surface area contributed by atoms with Crippen LogP contribution in [0.3, 0.4) is 0 Å². The van der Waals surface area contributed by atoms with E-state index < -0.39 is 11.4 Å². The molecule has 6 nitrogen and oxygen atoms in total. The summed E-state index contributed by atoms with van der Waals surface area (Å²) in [4.78, 5) is 18.2. The van der Waals surface area contributed by atoms with Crippen molar-refractivity contribution in [2.45, 2.75) is 58.6 Å². The highest BCUT2D eigenvalue weighted by molar-refractivity contribution is 5.76. The van der Waals surface area contributed by atoms with Gasteiger partial charge in [-0.25, -0.2) is 14.2 Å². The van der Waals surface area contributed by atoms with Crippen LogP contribution in [0.2, 0.25) is 0 Å². The number of anilines is 1. The molecule has 0 bridgehead atoms. The number of rotatable bonds is 1. The number of nitrogens with two attached hydrogens (primary N) is 1. The predicted octanol–water partition coefficient (Wildman–Crippen LogP) is 3.54. The van der Waals surface area contributed by atoms with Crippen LogP contribution in [-0.4, -0.2) is 40.8 Å². The Balaban J connectivity index is 1.91. The Morgan fingerprint density at radius 2 is 2.15 bits per heavy atom.